The fraction of sp³-hybridized carbons (Fsp3) is 0.944. The first-order chi connectivity index (χ1) is 12.0. The van der Waals surface area contributed by atoms with Crippen molar-refractivity contribution in [2.24, 2.45) is 11.8 Å². The Morgan fingerprint density at radius 2 is 1.80 bits per heavy atom. The Balaban J connectivity index is 1.71. The van der Waals surface area contributed by atoms with E-state index in [1.54, 1.807) is 0 Å². The van der Waals surface area contributed by atoms with Crippen LogP contribution >= 0.6 is 0 Å². The van der Waals surface area contributed by atoms with Crippen LogP contribution in [0, 0.1) is 11.8 Å². The van der Waals surface area contributed by atoms with Gasteiger partial charge >= 0.3 is 6.03 Å². The van der Waals surface area contributed by atoms with E-state index in [4.69, 9.17) is 0 Å². The summed E-state index contributed by atoms with van der Waals surface area (Å²) in [6.45, 7) is 8.72. The molecule has 1 heterocycles. The lowest BCUT2D eigenvalue weighted by Crippen LogP contribution is -2.68. The molecule has 1 saturated carbocycles. The van der Waals surface area contributed by atoms with Crippen molar-refractivity contribution in [3.63, 3.8) is 0 Å². The van der Waals surface area contributed by atoms with E-state index >= 15 is 0 Å². The molecule has 2 fully saturated rings. The summed E-state index contributed by atoms with van der Waals surface area (Å²) in [5.41, 5.74) is 0. The highest BCUT2D eigenvalue weighted by atomic mass is 16.2. The third-order valence-electron chi connectivity index (χ3n) is 5.61. The molecule has 7 nitrogen and oxygen atoms in total. The van der Waals surface area contributed by atoms with Gasteiger partial charge in [-0.05, 0) is 71.0 Å². The molecule has 6 unspecified atom stereocenters. The summed E-state index contributed by atoms with van der Waals surface area (Å²) < 4.78 is 0. The number of carbonyl (C=O) groups is 1. The Morgan fingerprint density at radius 1 is 1.00 bits per heavy atom. The van der Waals surface area contributed by atoms with Crippen LogP contribution in [-0.2, 0) is 0 Å². The van der Waals surface area contributed by atoms with Gasteiger partial charge < -0.3 is 21.3 Å². The maximum absolute atomic E-state index is 12.3. The second-order valence-electron chi connectivity index (χ2n) is 7.95. The van der Waals surface area contributed by atoms with Crippen molar-refractivity contribution in [3.8, 4) is 0 Å². The van der Waals surface area contributed by atoms with E-state index in [1.165, 1.54) is 6.42 Å². The fourth-order valence-corrected chi connectivity index (χ4v) is 3.83. The molecule has 0 aromatic carbocycles. The Labute approximate surface area is 152 Å². The average molecular weight is 355 g/mol. The zero-order valence-corrected chi connectivity index (χ0v) is 16.3. The Kier molecular flexibility index (Phi) is 8.42. The summed E-state index contributed by atoms with van der Waals surface area (Å²) in [5, 5.41) is 19.7. The molecule has 0 radical (unpaired) electrons. The predicted molar refractivity (Wildman–Crippen MR) is 102 cm³/mol. The van der Waals surface area contributed by atoms with Gasteiger partial charge in [-0.3, -0.25) is 10.6 Å². The largest absolute Gasteiger partial charge is 0.335 e. The second-order valence-corrected chi connectivity index (χ2v) is 7.95. The van der Waals surface area contributed by atoms with Crippen LogP contribution in [0.2, 0.25) is 0 Å². The maximum atomic E-state index is 12.3. The lowest BCUT2D eigenvalue weighted by atomic mass is 9.79. The van der Waals surface area contributed by atoms with Gasteiger partial charge in [0, 0.05) is 12.1 Å². The first-order valence-electron chi connectivity index (χ1n) is 9.95. The number of carbonyl (C=O) groups excluding carboxylic acids is 1. The highest BCUT2D eigenvalue weighted by Gasteiger charge is 2.28. The van der Waals surface area contributed by atoms with Crippen LogP contribution in [0.25, 0.3) is 0 Å². The predicted octanol–water partition coefficient (Wildman–Crippen LogP) is 0.891. The van der Waals surface area contributed by atoms with E-state index in [0.29, 0.717) is 18.0 Å². The van der Waals surface area contributed by atoms with Crippen LogP contribution in [0.4, 0.5) is 4.79 Å². The summed E-state index contributed by atoms with van der Waals surface area (Å²) in [7, 11) is 1.97. The molecule has 1 aliphatic carbocycles. The number of amides is 2. The number of hydrogen-bond donors (Lipinski definition) is 6. The first kappa shape index (κ1) is 20.4. The maximum Gasteiger partial charge on any atom is 0.317 e. The molecule has 2 amide bonds. The van der Waals surface area contributed by atoms with Crippen LogP contribution in [0.1, 0.15) is 52.9 Å². The highest BCUT2D eigenvalue weighted by Crippen LogP contribution is 2.29. The van der Waals surface area contributed by atoms with Crippen LogP contribution in [-0.4, -0.2) is 50.7 Å². The van der Waals surface area contributed by atoms with E-state index < -0.39 is 0 Å². The standard InChI is InChI=1S/C18H38N6O/c1-12-6-7-15(10-13(12)2)22-18(25)24-17-21-14(3)11-16(23-17)20-9-5-8-19-4/h12-17,19-21,23H,5-11H2,1-4H3,(H2,22,24,25). The normalized spacial score (nSPS) is 36.0. The van der Waals surface area contributed by atoms with Crippen molar-refractivity contribution in [2.75, 3.05) is 20.1 Å². The average Bonchev–Trinajstić information content (AvgIpc) is 2.54. The van der Waals surface area contributed by atoms with E-state index in [9.17, 15) is 4.79 Å². The van der Waals surface area contributed by atoms with E-state index in [1.807, 2.05) is 7.05 Å². The Bertz CT molecular complexity index is 407. The minimum atomic E-state index is -0.203. The highest BCUT2D eigenvalue weighted by molar-refractivity contribution is 5.74. The molecule has 1 saturated heterocycles. The molecule has 25 heavy (non-hydrogen) atoms. The molecule has 0 bridgehead atoms. The van der Waals surface area contributed by atoms with E-state index in [0.717, 1.165) is 44.7 Å². The minimum Gasteiger partial charge on any atom is -0.335 e. The van der Waals surface area contributed by atoms with Gasteiger partial charge in [-0.25, -0.2) is 4.79 Å². The molecule has 146 valence electrons. The number of rotatable bonds is 7. The molecule has 7 heteroatoms. The number of nitrogens with one attached hydrogen (secondary N) is 6. The SMILES string of the molecule is CNCCCNC1CC(C)NC(NC(=O)NC2CCC(C)C(C)C2)N1. The quantitative estimate of drug-likeness (QED) is 0.382. The van der Waals surface area contributed by atoms with Gasteiger partial charge in [0.2, 0.25) is 0 Å². The minimum absolute atomic E-state index is 0.0835. The summed E-state index contributed by atoms with van der Waals surface area (Å²) in [5.74, 6) is 1.44. The molecular weight excluding hydrogens is 316 g/mol. The smallest absolute Gasteiger partial charge is 0.317 e. The second kappa shape index (κ2) is 10.3. The van der Waals surface area contributed by atoms with Gasteiger partial charge in [-0.1, -0.05) is 13.8 Å². The van der Waals surface area contributed by atoms with E-state index in [-0.39, 0.29) is 18.5 Å². The Morgan fingerprint density at radius 3 is 2.52 bits per heavy atom. The molecule has 6 atom stereocenters. The van der Waals surface area contributed by atoms with Crippen LogP contribution < -0.4 is 31.9 Å². The lowest BCUT2D eigenvalue weighted by Gasteiger charge is -2.37. The molecular formula is C18H38N6O. The zero-order valence-electron chi connectivity index (χ0n) is 16.3. The van der Waals surface area contributed by atoms with Crippen LogP contribution in [0.5, 0.6) is 0 Å². The van der Waals surface area contributed by atoms with Crippen molar-refractivity contribution in [1.29, 1.82) is 0 Å². The third kappa shape index (κ3) is 7.09. The van der Waals surface area contributed by atoms with Crippen molar-refractivity contribution in [1.82, 2.24) is 31.9 Å². The monoisotopic (exact) mass is 354 g/mol. The molecule has 2 rings (SSSR count). The van der Waals surface area contributed by atoms with E-state index in [2.05, 4.69) is 52.7 Å². The van der Waals surface area contributed by atoms with Crippen molar-refractivity contribution in [3.05, 3.63) is 0 Å². The van der Waals surface area contributed by atoms with Gasteiger partial charge in [0.15, 0.2) is 0 Å². The summed E-state index contributed by atoms with van der Waals surface area (Å²) >= 11 is 0. The molecule has 0 spiro atoms. The van der Waals surface area contributed by atoms with Crippen molar-refractivity contribution >= 4 is 6.03 Å². The third-order valence-corrected chi connectivity index (χ3v) is 5.61. The van der Waals surface area contributed by atoms with Gasteiger partial charge in [-0.15, -0.1) is 0 Å². The molecule has 1 aliphatic heterocycles. The molecule has 0 aromatic heterocycles. The molecule has 0 aromatic rings. The number of hydrogen-bond acceptors (Lipinski definition) is 5. The summed E-state index contributed by atoms with van der Waals surface area (Å²) in [6.07, 6.45) is 5.45. The van der Waals surface area contributed by atoms with Crippen molar-refractivity contribution in [2.45, 2.75) is 77.4 Å². The van der Waals surface area contributed by atoms with Gasteiger partial charge in [-0.2, -0.15) is 0 Å². The van der Waals surface area contributed by atoms with Crippen LogP contribution in [0.3, 0.4) is 0 Å². The Hall–Kier alpha value is -0.890. The summed E-state index contributed by atoms with van der Waals surface area (Å²) in [4.78, 5) is 12.3. The van der Waals surface area contributed by atoms with Gasteiger partial charge in [0.05, 0.1) is 6.17 Å². The molecule has 6 N–H and O–H groups in total. The van der Waals surface area contributed by atoms with Gasteiger partial charge in [0.1, 0.15) is 6.29 Å². The van der Waals surface area contributed by atoms with Crippen molar-refractivity contribution < 1.29 is 4.79 Å². The topological polar surface area (TPSA) is 89.2 Å². The lowest BCUT2D eigenvalue weighted by molar-refractivity contribution is 0.178. The first-order valence-corrected chi connectivity index (χ1v) is 9.95. The molecule has 2 aliphatic rings. The fourth-order valence-electron chi connectivity index (χ4n) is 3.83. The summed E-state index contributed by atoms with van der Waals surface area (Å²) in [6, 6.07) is 0.561. The number of urea groups is 1. The van der Waals surface area contributed by atoms with Crippen LogP contribution in [0.15, 0.2) is 0 Å². The van der Waals surface area contributed by atoms with Gasteiger partial charge in [0.25, 0.3) is 0 Å². The zero-order chi connectivity index (χ0) is 18.2.